The topological polar surface area (TPSA) is 71.5 Å². The number of imidazole rings is 1. The smallest absolute Gasteiger partial charge is 0.145 e. The number of ether oxygens (including phenoxy) is 2. The van der Waals surface area contributed by atoms with Crippen LogP contribution in [0, 0.1) is 0 Å². The number of H-pyrrole nitrogens is 1. The molecule has 2 aromatic carbocycles. The van der Waals surface area contributed by atoms with Gasteiger partial charge in [-0.1, -0.05) is 30.3 Å². The molecule has 0 saturated heterocycles. The van der Waals surface area contributed by atoms with Gasteiger partial charge in [-0.3, -0.25) is 4.99 Å². The molecule has 1 aromatic heterocycles. The van der Waals surface area contributed by atoms with Gasteiger partial charge in [-0.2, -0.15) is 0 Å². The Bertz CT molecular complexity index is 962. The van der Waals surface area contributed by atoms with Gasteiger partial charge in [0.2, 0.25) is 0 Å². The van der Waals surface area contributed by atoms with Crippen LogP contribution in [0.15, 0.2) is 72.6 Å². The molecule has 0 saturated carbocycles. The van der Waals surface area contributed by atoms with E-state index in [0.717, 1.165) is 16.9 Å². The van der Waals surface area contributed by atoms with E-state index in [1.807, 2.05) is 24.3 Å². The number of hydrogen-bond donors (Lipinski definition) is 2. The lowest BCUT2D eigenvalue weighted by Gasteiger charge is -2.06. The van der Waals surface area contributed by atoms with Crippen molar-refractivity contribution in [3.63, 3.8) is 0 Å². The second kappa shape index (κ2) is 8.91. The second-order valence-electron chi connectivity index (χ2n) is 5.47. The Balaban J connectivity index is 1.68. The molecule has 6 nitrogen and oxygen atoms in total. The van der Waals surface area contributed by atoms with Gasteiger partial charge in [-0.05, 0) is 30.5 Å². The lowest BCUT2D eigenvalue weighted by Crippen LogP contribution is -2.14. The molecular weight excluding hydrogens is 364 g/mol. The molecule has 138 valence electrons. The zero-order valence-electron chi connectivity index (χ0n) is 14.8. The minimum absolute atomic E-state index is 0.387. The highest BCUT2D eigenvalue weighted by atomic mass is 35.5. The fourth-order valence-electron chi connectivity index (χ4n) is 2.37. The summed E-state index contributed by atoms with van der Waals surface area (Å²) < 4.78 is 10.7. The van der Waals surface area contributed by atoms with Gasteiger partial charge in [0.05, 0.1) is 36.0 Å². The number of nitrogens with zero attached hydrogens (tertiary/aromatic N) is 2. The molecule has 0 atom stereocenters. The molecule has 1 heterocycles. The molecule has 0 spiro atoms. The fourth-order valence-corrected chi connectivity index (χ4v) is 2.58. The molecule has 0 radical (unpaired) electrons. The summed E-state index contributed by atoms with van der Waals surface area (Å²) in [4.78, 5) is 12.2. The van der Waals surface area contributed by atoms with Crippen molar-refractivity contribution < 1.29 is 9.47 Å². The number of para-hydroxylation sites is 2. The summed E-state index contributed by atoms with van der Waals surface area (Å²) in [6.45, 7) is 4.05. The quantitative estimate of drug-likeness (QED) is 0.360. The Morgan fingerprint density at radius 2 is 2.19 bits per heavy atom. The van der Waals surface area contributed by atoms with Gasteiger partial charge in [0.15, 0.2) is 0 Å². The van der Waals surface area contributed by atoms with Gasteiger partial charge < -0.3 is 19.8 Å². The van der Waals surface area contributed by atoms with Gasteiger partial charge in [0.1, 0.15) is 23.2 Å². The van der Waals surface area contributed by atoms with Crippen LogP contribution >= 0.6 is 11.6 Å². The second-order valence-corrected chi connectivity index (χ2v) is 5.87. The highest BCUT2D eigenvalue weighted by molar-refractivity contribution is 6.32. The number of hydrogen-bond acceptors (Lipinski definition) is 4. The summed E-state index contributed by atoms with van der Waals surface area (Å²) in [5.74, 6) is 2.53. The normalized spacial score (nSPS) is 11.7. The summed E-state index contributed by atoms with van der Waals surface area (Å²) >= 11 is 6.15. The van der Waals surface area contributed by atoms with Crippen molar-refractivity contribution in [3.8, 4) is 11.5 Å². The Morgan fingerprint density at radius 3 is 2.93 bits per heavy atom. The first kappa shape index (κ1) is 18.5. The van der Waals surface area contributed by atoms with E-state index in [9.17, 15) is 0 Å². The van der Waals surface area contributed by atoms with Gasteiger partial charge >= 0.3 is 0 Å². The van der Waals surface area contributed by atoms with Crippen LogP contribution in [-0.4, -0.2) is 22.9 Å². The number of rotatable bonds is 7. The lowest BCUT2D eigenvalue weighted by atomic mass is 10.3. The first-order valence-corrected chi connectivity index (χ1v) is 8.59. The number of aliphatic imine (C=N–C) groups is 1. The minimum atomic E-state index is 0.387. The summed E-state index contributed by atoms with van der Waals surface area (Å²) in [5.41, 5.74) is 1.89. The van der Waals surface area contributed by atoms with Gasteiger partial charge in [0.25, 0.3) is 0 Å². The Hall–Kier alpha value is -3.25. The van der Waals surface area contributed by atoms with E-state index in [1.54, 1.807) is 37.6 Å². The molecule has 0 unspecified atom stereocenters. The van der Waals surface area contributed by atoms with Crippen LogP contribution in [-0.2, 0) is 6.54 Å². The first-order chi connectivity index (χ1) is 13.2. The summed E-state index contributed by atoms with van der Waals surface area (Å²) in [7, 11) is 1.58. The molecule has 0 fully saturated rings. The highest BCUT2D eigenvalue weighted by Crippen LogP contribution is 2.28. The van der Waals surface area contributed by atoms with E-state index >= 15 is 0 Å². The molecule has 27 heavy (non-hydrogen) atoms. The fraction of sp³-hybridized carbons (Fsp3) is 0.100. The summed E-state index contributed by atoms with van der Waals surface area (Å²) in [6.07, 6.45) is 4.73. The highest BCUT2D eigenvalue weighted by Gasteiger charge is 2.03. The average Bonchev–Trinajstić information content (AvgIpc) is 3.10. The minimum Gasteiger partial charge on any atom is -0.497 e. The Labute approximate surface area is 162 Å². The third kappa shape index (κ3) is 4.89. The molecule has 3 aromatic rings. The van der Waals surface area contributed by atoms with E-state index < -0.39 is 0 Å². The van der Waals surface area contributed by atoms with Crippen molar-refractivity contribution >= 4 is 28.5 Å². The average molecular weight is 383 g/mol. The van der Waals surface area contributed by atoms with Crippen molar-refractivity contribution in [3.05, 3.63) is 78.4 Å². The molecule has 0 amide bonds. The Morgan fingerprint density at radius 1 is 1.33 bits per heavy atom. The van der Waals surface area contributed by atoms with Crippen LogP contribution in [0.3, 0.4) is 0 Å². The maximum Gasteiger partial charge on any atom is 0.145 e. The van der Waals surface area contributed by atoms with Crippen LogP contribution in [0.4, 0.5) is 0 Å². The van der Waals surface area contributed by atoms with E-state index in [1.165, 1.54) is 6.26 Å². The summed E-state index contributed by atoms with van der Waals surface area (Å²) in [6, 6.07) is 13.0. The molecule has 0 aliphatic rings. The lowest BCUT2D eigenvalue weighted by molar-refractivity contribution is 0.413. The number of halogens is 1. The molecule has 0 aliphatic heterocycles. The van der Waals surface area contributed by atoms with Gasteiger partial charge in [-0.15, -0.1) is 0 Å². The van der Waals surface area contributed by atoms with Crippen molar-refractivity contribution in [2.75, 3.05) is 7.11 Å². The van der Waals surface area contributed by atoms with E-state index in [4.69, 9.17) is 21.1 Å². The van der Waals surface area contributed by atoms with Crippen molar-refractivity contribution in [2.45, 2.75) is 6.54 Å². The first-order valence-electron chi connectivity index (χ1n) is 8.22. The number of aromatic amines is 1. The molecule has 7 heteroatoms. The molecule has 3 rings (SSSR count). The maximum atomic E-state index is 6.15. The third-order valence-corrected chi connectivity index (χ3v) is 3.94. The predicted octanol–water partition coefficient (Wildman–Crippen LogP) is 4.45. The maximum absolute atomic E-state index is 6.15. The van der Waals surface area contributed by atoms with Crippen LogP contribution in [0.5, 0.6) is 11.5 Å². The van der Waals surface area contributed by atoms with Crippen LogP contribution in [0.1, 0.15) is 5.82 Å². The number of amidine groups is 1. The SMILES string of the molecule is C=CNC(/C=C/Oc1ccc(OC)cc1Cl)=NCc1nc2ccccc2[nH]1. The van der Waals surface area contributed by atoms with E-state index in [-0.39, 0.29) is 0 Å². The van der Waals surface area contributed by atoms with Gasteiger partial charge in [-0.25, -0.2) is 4.98 Å². The Kier molecular flexibility index (Phi) is 6.12. The zero-order chi connectivity index (χ0) is 19.1. The largest absolute Gasteiger partial charge is 0.497 e. The third-order valence-electron chi connectivity index (χ3n) is 3.65. The van der Waals surface area contributed by atoms with Crippen molar-refractivity contribution in [1.82, 2.24) is 15.3 Å². The monoisotopic (exact) mass is 382 g/mol. The molecule has 2 N–H and O–H groups in total. The molecule has 0 bridgehead atoms. The van der Waals surface area contributed by atoms with Crippen molar-refractivity contribution in [2.24, 2.45) is 4.99 Å². The van der Waals surface area contributed by atoms with Crippen LogP contribution in [0.25, 0.3) is 11.0 Å². The number of fused-ring (bicyclic) bond motifs is 1. The predicted molar refractivity (Wildman–Crippen MR) is 108 cm³/mol. The number of benzene rings is 2. The van der Waals surface area contributed by atoms with Crippen molar-refractivity contribution in [1.29, 1.82) is 0 Å². The standard InChI is InChI=1S/C20H19ClN4O2/c1-3-22-19(10-11-27-18-9-8-14(26-2)12-15(18)21)23-13-20-24-16-6-4-5-7-17(16)25-20/h3-12H,1,13H2,2H3,(H,22,23)(H,24,25)/b11-10+. The number of nitrogens with one attached hydrogen (secondary N) is 2. The van der Waals surface area contributed by atoms with Gasteiger partial charge in [0, 0.05) is 12.1 Å². The molecule has 0 aliphatic carbocycles. The summed E-state index contributed by atoms with van der Waals surface area (Å²) in [5, 5.41) is 3.41. The molecular formula is C20H19ClN4O2. The number of aromatic nitrogens is 2. The van der Waals surface area contributed by atoms with E-state index in [2.05, 4.69) is 26.9 Å². The number of methoxy groups -OCH3 is 1. The van der Waals surface area contributed by atoms with E-state index in [0.29, 0.717) is 28.9 Å². The van der Waals surface area contributed by atoms with Crippen LogP contribution in [0.2, 0.25) is 5.02 Å². The zero-order valence-corrected chi connectivity index (χ0v) is 15.5. The van der Waals surface area contributed by atoms with Crippen LogP contribution < -0.4 is 14.8 Å².